The van der Waals surface area contributed by atoms with Crippen molar-refractivity contribution in [2.45, 2.75) is 6.42 Å². The van der Waals surface area contributed by atoms with Crippen molar-refractivity contribution in [2.24, 2.45) is 0 Å². The monoisotopic (exact) mass is 341 g/mol. The zero-order valence-corrected chi connectivity index (χ0v) is 13.5. The number of carbonyl (C=O) groups excluding carboxylic acids is 1. The van der Waals surface area contributed by atoms with Gasteiger partial charge < -0.3 is 0 Å². The summed E-state index contributed by atoms with van der Waals surface area (Å²) in [5.41, 5.74) is 7.81. The first-order chi connectivity index (χ1) is 11.3. The fourth-order valence-corrected chi connectivity index (χ4v) is 2.06. The maximum atomic E-state index is 11.9. The first kappa shape index (κ1) is 17.4. The van der Waals surface area contributed by atoms with Gasteiger partial charge in [0.1, 0.15) is 0 Å². The summed E-state index contributed by atoms with van der Waals surface area (Å²) in [6.45, 7) is 0. The number of carbonyl (C=O) groups is 1. The van der Waals surface area contributed by atoms with Crippen molar-refractivity contribution >= 4 is 24.3 Å². The Morgan fingerprint density at radius 1 is 0.958 bits per heavy atom. The predicted molar refractivity (Wildman–Crippen MR) is 94.4 cm³/mol. The zero-order chi connectivity index (χ0) is 15.9. The first-order valence-electron chi connectivity index (χ1n) is 7.15. The van der Waals surface area contributed by atoms with Gasteiger partial charge in [-0.3, -0.25) is 15.6 Å². The van der Waals surface area contributed by atoms with Crippen molar-refractivity contribution in [3.8, 4) is 11.3 Å². The van der Waals surface area contributed by atoms with Crippen LogP contribution in [0.25, 0.3) is 11.3 Å². The lowest BCUT2D eigenvalue weighted by molar-refractivity contribution is -0.119. The Morgan fingerprint density at radius 3 is 2.33 bits per heavy atom. The van der Waals surface area contributed by atoms with Crippen LogP contribution in [0.3, 0.4) is 0 Å². The minimum Gasteiger partial charge on any atom is -0.273 e. The van der Waals surface area contributed by atoms with Gasteiger partial charge in [0, 0.05) is 5.56 Å². The predicted octanol–water partition coefficient (Wildman–Crippen LogP) is 2.65. The topological polar surface area (TPSA) is 79.8 Å². The molecule has 0 aliphatic rings. The fraction of sp³-hybridized carbons (Fsp3) is 0.0588. The molecule has 0 radical (unpaired) electrons. The Morgan fingerprint density at radius 2 is 1.62 bits per heavy atom. The van der Waals surface area contributed by atoms with E-state index in [4.69, 9.17) is 0 Å². The molecule has 0 bridgehead atoms. The van der Waals surface area contributed by atoms with Gasteiger partial charge in [-0.15, -0.1) is 17.5 Å². The summed E-state index contributed by atoms with van der Waals surface area (Å²) in [4.78, 5) is 16.2. The minimum absolute atomic E-state index is 0. The molecule has 7 heteroatoms. The molecule has 0 unspecified atom stereocenters. The van der Waals surface area contributed by atoms with Gasteiger partial charge in [0.15, 0.2) is 0 Å². The molecule has 0 atom stereocenters. The Bertz CT molecular complexity index is 783. The summed E-state index contributed by atoms with van der Waals surface area (Å²) >= 11 is 0. The van der Waals surface area contributed by atoms with E-state index in [9.17, 15) is 4.79 Å². The normalized spacial score (nSPS) is 9.67. The number of nitrogens with zero attached hydrogens (tertiary/aromatic N) is 3. The molecule has 2 aromatic carbocycles. The molecule has 0 saturated carbocycles. The molecule has 1 aromatic heterocycles. The van der Waals surface area contributed by atoms with Gasteiger partial charge in [-0.25, -0.2) is 4.98 Å². The van der Waals surface area contributed by atoms with Gasteiger partial charge in [0.05, 0.1) is 18.3 Å². The van der Waals surface area contributed by atoms with E-state index in [1.807, 2.05) is 60.7 Å². The zero-order valence-electron chi connectivity index (χ0n) is 12.7. The van der Waals surface area contributed by atoms with E-state index in [1.54, 1.807) is 6.20 Å². The van der Waals surface area contributed by atoms with Crippen LogP contribution in [0.5, 0.6) is 0 Å². The quantitative estimate of drug-likeness (QED) is 0.697. The van der Waals surface area contributed by atoms with Crippen LogP contribution in [0.1, 0.15) is 5.56 Å². The molecule has 0 fully saturated rings. The molecule has 0 saturated heterocycles. The number of hydrogen-bond acceptors (Lipinski definition) is 5. The van der Waals surface area contributed by atoms with Crippen molar-refractivity contribution < 1.29 is 4.79 Å². The van der Waals surface area contributed by atoms with E-state index in [0.717, 1.165) is 11.1 Å². The molecule has 122 valence electrons. The summed E-state index contributed by atoms with van der Waals surface area (Å²) < 4.78 is 0. The number of hydrogen-bond donors (Lipinski definition) is 2. The second-order valence-electron chi connectivity index (χ2n) is 4.87. The number of aromatic nitrogens is 3. The van der Waals surface area contributed by atoms with E-state index in [1.165, 1.54) is 0 Å². The summed E-state index contributed by atoms with van der Waals surface area (Å²) in [5, 5.41) is 7.75. The highest BCUT2D eigenvalue weighted by molar-refractivity contribution is 5.85. The number of rotatable bonds is 5. The Labute approximate surface area is 145 Å². The molecular formula is C17H16ClN5O. The van der Waals surface area contributed by atoms with Crippen molar-refractivity contribution in [1.82, 2.24) is 20.6 Å². The standard InChI is InChI=1S/C17H15N5O.ClH/c23-16(11-13-7-3-1-4-8-13)20-22-17-19-15(12-18-21-17)14-9-5-2-6-10-14;/h1-10,12H,11H2,(H,20,23)(H,19,21,22);1H. The summed E-state index contributed by atoms with van der Waals surface area (Å²) in [6, 6.07) is 19.1. The number of hydrazine groups is 1. The van der Waals surface area contributed by atoms with Crippen LogP contribution < -0.4 is 10.9 Å². The van der Waals surface area contributed by atoms with Crippen LogP contribution in [-0.4, -0.2) is 21.1 Å². The fourth-order valence-electron chi connectivity index (χ4n) is 2.06. The van der Waals surface area contributed by atoms with Crippen molar-refractivity contribution in [1.29, 1.82) is 0 Å². The molecule has 6 nitrogen and oxygen atoms in total. The van der Waals surface area contributed by atoms with Gasteiger partial charge in [0.2, 0.25) is 5.91 Å². The molecule has 0 aliphatic heterocycles. The van der Waals surface area contributed by atoms with Crippen molar-refractivity contribution in [3.05, 3.63) is 72.4 Å². The van der Waals surface area contributed by atoms with Crippen LogP contribution >= 0.6 is 12.4 Å². The second-order valence-corrected chi connectivity index (χ2v) is 4.87. The lowest BCUT2D eigenvalue weighted by atomic mass is 10.1. The number of halogens is 1. The van der Waals surface area contributed by atoms with Gasteiger partial charge in [-0.05, 0) is 5.56 Å². The van der Waals surface area contributed by atoms with Gasteiger partial charge in [0.25, 0.3) is 5.95 Å². The summed E-state index contributed by atoms with van der Waals surface area (Å²) in [7, 11) is 0. The molecule has 1 amide bonds. The third-order valence-corrected chi connectivity index (χ3v) is 3.15. The molecule has 3 rings (SSSR count). The van der Waals surface area contributed by atoms with Gasteiger partial charge in [-0.2, -0.15) is 5.10 Å². The van der Waals surface area contributed by atoms with E-state index in [2.05, 4.69) is 26.0 Å². The number of amides is 1. The maximum Gasteiger partial charge on any atom is 0.262 e. The maximum absolute atomic E-state index is 11.9. The first-order valence-corrected chi connectivity index (χ1v) is 7.15. The molecule has 24 heavy (non-hydrogen) atoms. The molecule has 0 spiro atoms. The van der Waals surface area contributed by atoms with Crippen LogP contribution in [-0.2, 0) is 11.2 Å². The van der Waals surface area contributed by atoms with Crippen LogP contribution in [0, 0.1) is 0 Å². The Kier molecular flexibility index (Phi) is 6.22. The van der Waals surface area contributed by atoms with E-state index in [-0.39, 0.29) is 30.7 Å². The molecule has 1 heterocycles. The van der Waals surface area contributed by atoms with Crippen molar-refractivity contribution in [2.75, 3.05) is 5.43 Å². The summed E-state index contributed by atoms with van der Waals surface area (Å²) in [5.74, 6) is 0.0673. The van der Waals surface area contributed by atoms with E-state index in [0.29, 0.717) is 5.69 Å². The average Bonchev–Trinajstić information content (AvgIpc) is 2.62. The second kappa shape index (κ2) is 8.59. The molecule has 2 N–H and O–H groups in total. The lowest BCUT2D eigenvalue weighted by Gasteiger charge is -2.07. The Balaban J connectivity index is 0.00000208. The minimum atomic E-state index is -0.176. The van der Waals surface area contributed by atoms with E-state index >= 15 is 0 Å². The number of anilines is 1. The smallest absolute Gasteiger partial charge is 0.262 e. The largest absolute Gasteiger partial charge is 0.273 e. The lowest BCUT2D eigenvalue weighted by Crippen LogP contribution is -2.31. The van der Waals surface area contributed by atoms with Gasteiger partial charge in [-0.1, -0.05) is 60.7 Å². The average molecular weight is 342 g/mol. The third-order valence-electron chi connectivity index (χ3n) is 3.15. The SMILES string of the molecule is Cl.O=C(Cc1ccccc1)NNc1nncc(-c2ccccc2)n1. The van der Waals surface area contributed by atoms with Crippen LogP contribution in [0.15, 0.2) is 66.9 Å². The highest BCUT2D eigenvalue weighted by Crippen LogP contribution is 2.15. The van der Waals surface area contributed by atoms with Crippen LogP contribution in [0.4, 0.5) is 5.95 Å². The highest BCUT2D eigenvalue weighted by atomic mass is 35.5. The number of benzene rings is 2. The number of nitrogens with one attached hydrogen (secondary N) is 2. The van der Waals surface area contributed by atoms with Gasteiger partial charge >= 0.3 is 0 Å². The van der Waals surface area contributed by atoms with Crippen molar-refractivity contribution in [3.63, 3.8) is 0 Å². The third kappa shape index (κ3) is 4.76. The summed E-state index contributed by atoms with van der Waals surface area (Å²) in [6.07, 6.45) is 1.85. The Hall–Kier alpha value is -2.99. The molecule has 3 aromatic rings. The molecular weight excluding hydrogens is 326 g/mol. The van der Waals surface area contributed by atoms with E-state index < -0.39 is 0 Å². The van der Waals surface area contributed by atoms with Crippen LogP contribution in [0.2, 0.25) is 0 Å². The molecule has 0 aliphatic carbocycles. The highest BCUT2D eigenvalue weighted by Gasteiger charge is 2.05.